The number of para-hydroxylation sites is 1. The van der Waals surface area contributed by atoms with Crippen LogP contribution in [0, 0.1) is 0 Å². The first kappa shape index (κ1) is 15.9. The van der Waals surface area contributed by atoms with Crippen LogP contribution in [0.25, 0.3) is 11.0 Å². The van der Waals surface area contributed by atoms with Gasteiger partial charge >= 0.3 is 0 Å². The van der Waals surface area contributed by atoms with Gasteiger partial charge < -0.3 is 19.2 Å². The van der Waals surface area contributed by atoms with Crippen LogP contribution in [-0.4, -0.2) is 25.7 Å². The molecule has 2 aromatic carbocycles. The second kappa shape index (κ2) is 7.08. The number of rotatable bonds is 6. The van der Waals surface area contributed by atoms with Crippen LogP contribution in [0.3, 0.4) is 0 Å². The molecule has 1 aromatic heterocycles. The molecular formula is C19H19NO4. The Kier molecular flexibility index (Phi) is 4.70. The maximum absolute atomic E-state index is 12.2. The second-order valence-corrected chi connectivity index (χ2v) is 5.51. The predicted octanol–water partition coefficient (Wildman–Crippen LogP) is 3.64. The number of ether oxygens (including phenoxy) is 2. The molecule has 0 aliphatic heterocycles. The van der Waals surface area contributed by atoms with E-state index in [4.69, 9.17) is 13.9 Å². The van der Waals surface area contributed by atoms with Gasteiger partial charge in [0.1, 0.15) is 23.7 Å². The molecule has 3 rings (SSSR count). The van der Waals surface area contributed by atoms with E-state index >= 15 is 0 Å². The summed E-state index contributed by atoms with van der Waals surface area (Å²) in [6, 6.07) is 16.4. The first-order valence-electron chi connectivity index (χ1n) is 7.72. The van der Waals surface area contributed by atoms with Gasteiger partial charge in [0.15, 0.2) is 5.76 Å². The van der Waals surface area contributed by atoms with Gasteiger partial charge in [-0.2, -0.15) is 0 Å². The van der Waals surface area contributed by atoms with Crippen LogP contribution in [0.1, 0.15) is 17.5 Å². The van der Waals surface area contributed by atoms with Crippen molar-refractivity contribution >= 4 is 16.9 Å². The first-order valence-corrected chi connectivity index (χ1v) is 7.72. The Hall–Kier alpha value is -2.95. The minimum Gasteiger partial charge on any atom is -0.497 e. The molecule has 3 aromatic rings. The van der Waals surface area contributed by atoms with Gasteiger partial charge in [0.2, 0.25) is 0 Å². The molecule has 1 atom stereocenters. The van der Waals surface area contributed by atoms with Crippen molar-refractivity contribution in [2.45, 2.75) is 13.0 Å². The number of carbonyl (C=O) groups excluding carboxylic acids is 1. The fourth-order valence-electron chi connectivity index (χ4n) is 2.32. The lowest BCUT2D eigenvalue weighted by atomic mass is 10.2. The van der Waals surface area contributed by atoms with Crippen molar-refractivity contribution in [3.8, 4) is 11.5 Å². The molecule has 1 heterocycles. The third-order valence-electron chi connectivity index (χ3n) is 3.59. The lowest BCUT2D eigenvalue weighted by Crippen LogP contribution is -2.36. The van der Waals surface area contributed by atoms with Crippen molar-refractivity contribution in [1.82, 2.24) is 5.32 Å². The maximum atomic E-state index is 12.2. The van der Waals surface area contributed by atoms with E-state index in [2.05, 4.69) is 5.32 Å². The summed E-state index contributed by atoms with van der Waals surface area (Å²) in [4.78, 5) is 12.2. The molecule has 0 unspecified atom stereocenters. The maximum Gasteiger partial charge on any atom is 0.287 e. The summed E-state index contributed by atoms with van der Waals surface area (Å²) in [5.74, 6) is 1.54. The molecule has 5 heteroatoms. The molecule has 0 fully saturated rings. The summed E-state index contributed by atoms with van der Waals surface area (Å²) in [6.07, 6.45) is 0. The Morgan fingerprint density at radius 1 is 1.12 bits per heavy atom. The summed E-state index contributed by atoms with van der Waals surface area (Å²) >= 11 is 0. The Bertz CT molecular complexity index is 790. The topological polar surface area (TPSA) is 60.7 Å². The van der Waals surface area contributed by atoms with E-state index in [0.717, 1.165) is 16.9 Å². The number of benzene rings is 2. The Morgan fingerprint density at radius 3 is 2.54 bits per heavy atom. The smallest absolute Gasteiger partial charge is 0.287 e. The quantitative estimate of drug-likeness (QED) is 0.751. The van der Waals surface area contributed by atoms with Gasteiger partial charge in [-0.1, -0.05) is 18.2 Å². The number of amides is 1. The molecule has 5 nitrogen and oxygen atoms in total. The third-order valence-corrected chi connectivity index (χ3v) is 3.59. The summed E-state index contributed by atoms with van der Waals surface area (Å²) in [6.45, 7) is 2.24. The molecule has 0 saturated heterocycles. The SMILES string of the molecule is COc1ccc(OC[C@@H](C)NC(=O)c2cc3ccccc3o2)cc1. The number of carbonyl (C=O) groups is 1. The third kappa shape index (κ3) is 3.68. The van der Waals surface area contributed by atoms with Crippen molar-refractivity contribution < 1.29 is 18.7 Å². The number of hydrogen-bond donors (Lipinski definition) is 1. The van der Waals surface area contributed by atoms with E-state index in [1.54, 1.807) is 13.2 Å². The van der Waals surface area contributed by atoms with Gasteiger partial charge in [-0.3, -0.25) is 4.79 Å². The largest absolute Gasteiger partial charge is 0.497 e. The zero-order valence-electron chi connectivity index (χ0n) is 13.6. The predicted molar refractivity (Wildman–Crippen MR) is 91.6 cm³/mol. The number of methoxy groups -OCH3 is 1. The molecule has 0 spiro atoms. The van der Waals surface area contributed by atoms with E-state index < -0.39 is 0 Å². The van der Waals surface area contributed by atoms with Gasteiger partial charge in [-0.05, 0) is 43.3 Å². The molecule has 1 N–H and O–H groups in total. The molecule has 0 saturated carbocycles. The fourth-order valence-corrected chi connectivity index (χ4v) is 2.32. The van der Waals surface area contributed by atoms with Crippen LogP contribution >= 0.6 is 0 Å². The molecule has 1 amide bonds. The highest BCUT2D eigenvalue weighted by Crippen LogP contribution is 2.19. The van der Waals surface area contributed by atoms with Crippen molar-refractivity contribution in [3.63, 3.8) is 0 Å². The lowest BCUT2D eigenvalue weighted by molar-refractivity contribution is 0.0901. The number of hydrogen-bond acceptors (Lipinski definition) is 4. The molecule has 0 bridgehead atoms. The Morgan fingerprint density at radius 2 is 1.83 bits per heavy atom. The van der Waals surface area contributed by atoms with E-state index in [1.165, 1.54) is 0 Å². The highest BCUT2D eigenvalue weighted by molar-refractivity contribution is 5.96. The minimum absolute atomic E-state index is 0.159. The molecule has 124 valence electrons. The summed E-state index contributed by atoms with van der Waals surface area (Å²) in [7, 11) is 1.62. The zero-order valence-corrected chi connectivity index (χ0v) is 13.6. The fraction of sp³-hybridized carbons (Fsp3) is 0.211. The Balaban J connectivity index is 1.55. The Labute approximate surface area is 140 Å². The van der Waals surface area contributed by atoms with Gasteiger partial charge in [0.05, 0.1) is 13.2 Å². The van der Waals surface area contributed by atoms with E-state index in [-0.39, 0.29) is 11.9 Å². The number of nitrogens with one attached hydrogen (secondary N) is 1. The van der Waals surface area contributed by atoms with Crippen LogP contribution in [0.4, 0.5) is 0 Å². The molecular weight excluding hydrogens is 306 g/mol. The van der Waals surface area contributed by atoms with Crippen molar-refractivity contribution in [2.75, 3.05) is 13.7 Å². The number of furan rings is 1. The summed E-state index contributed by atoms with van der Waals surface area (Å²) < 4.78 is 16.3. The summed E-state index contributed by atoms with van der Waals surface area (Å²) in [5.41, 5.74) is 0.699. The van der Waals surface area contributed by atoms with Gasteiger partial charge in [-0.15, -0.1) is 0 Å². The normalized spacial score (nSPS) is 11.9. The highest BCUT2D eigenvalue weighted by Gasteiger charge is 2.15. The van der Waals surface area contributed by atoms with Crippen molar-refractivity contribution in [3.05, 3.63) is 60.4 Å². The first-order chi connectivity index (χ1) is 11.7. The van der Waals surface area contributed by atoms with E-state index in [9.17, 15) is 4.79 Å². The van der Waals surface area contributed by atoms with Crippen LogP contribution < -0.4 is 14.8 Å². The van der Waals surface area contributed by atoms with Crippen LogP contribution in [0.5, 0.6) is 11.5 Å². The standard InChI is InChI=1S/C19H19NO4/c1-13(12-23-16-9-7-15(22-2)8-10-16)20-19(21)18-11-14-5-3-4-6-17(14)24-18/h3-11,13H,12H2,1-2H3,(H,20,21)/t13-/m1/s1. The molecule has 0 radical (unpaired) electrons. The van der Waals surface area contributed by atoms with Gasteiger partial charge in [0.25, 0.3) is 5.91 Å². The zero-order chi connectivity index (χ0) is 16.9. The summed E-state index contributed by atoms with van der Waals surface area (Å²) in [5, 5.41) is 3.77. The van der Waals surface area contributed by atoms with Gasteiger partial charge in [0, 0.05) is 5.39 Å². The van der Waals surface area contributed by atoms with E-state index in [1.807, 2.05) is 55.5 Å². The molecule has 0 aliphatic rings. The van der Waals surface area contributed by atoms with Crippen molar-refractivity contribution in [1.29, 1.82) is 0 Å². The lowest BCUT2D eigenvalue weighted by Gasteiger charge is -2.14. The number of fused-ring (bicyclic) bond motifs is 1. The highest BCUT2D eigenvalue weighted by atomic mass is 16.5. The van der Waals surface area contributed by atoms with E-state index in [0.29, 0.717) is 18.0 Å². The van der Waals surface area contributed by atoms with Crippen molar-refractivity contribution in [2.24, 2.45) is 0 Å². The molecule has 0 aliphatic carbocycles. The average Bonchev–Trinajstić information content (AvgIpc) is 3.05. The van der Waals surface area contributed by atoms with Crippen LogP contribution in [-0.2, 0) is 0 Å². The second-order valence-electron chi connectivity index (χ2n) is 5.51. The van der Waals surface area contributed by atoms with Crippen LogP contribution in [0.15, 0.2) is 59.0 Å². The average molecular weight is 325 g/mol. The minimum atomic E-state index is -0.253. The monoisotopic (exact) mass is 325 g/mol. The van der Waals surface area contributed by atoms with Crippen LogP contribution in [0.2, 0.25) is 0 Å². The molecule has 24 heavy (non-hydrogen) atoms. The van der Waals surface area contributed by atoms with Gasteiger partial charge in [-0.25, -0.2) is 0 Å².